The number of aryl methyl sites for hydroxylation is 2. The van der Waals surface area contributed by atoms with Crippen LogP contribution < -0.4 is 10.6 Å². The van der Waals surface area contributed by atoms with E-state index in [1.165, 1.54) is 24.1 Å². The van der Waals surface area contributed by atoms with Gasteiger partial charge in [-0.3, -0.25) is 4.79 Å². The fraction of sp³-hybridized carbons (Fsp3) is 0.588. The van der Waals surface area contributed by atoms with E-state index in [1.54, 1.807) is 0 Å². The summed E-state index contributed by atoms with van der Waals surface area (Å²) in [4.78, 5) is 12.3. The molecule has 108 valence electrons. The van der Waals surface area contributed by atoms with Crippen molar-refractivity contribution in [2.24, 2.45) is 11.8 Å². The van der Waals surface area contributed by atoms with Crippen LogP contribution in [0.1, 0.15) is 40.7 Å². The first-order chi connectivity index (χ1) is 9.63. The van der Waals surface area contributed by atoms with Gasteiger partial charge in [0.2, 0.25) is 0 Å². The molecular formula is C17H24N2O. The van der Waals surface area contributed by atoms with Crippen LogP contribution in [0, 0.1) is 25.7 Å². The highest BCUT2D eigenvalue weighted by atomic mass is 16.1. The maximum absolute atomic E-state index is 12.3. The highest BCUT2D eigenvalue weighted by Gasteiger charge is 2.34. The Bertz CT molecular complexity index is 512. The van der Waals surface area contributed by atoms with E-state index in [9.17, 15) is 4.79 Å². The Hall–Kier alpha value is -1.35. The molecule has 2 fully saturated rings. The molecule has 1 saturated heterocycles. The summed E-state index contributed by atoms with van der Waals surface area (Å²) in [5, 5.41) is 6.70. The summed E-state index contributed by atoms with van der Waals surface area (Å²) in [6.45, 7) is 6.43. The van der Waals surface area contributed by atoms with Crippen LogP contribution >= 0.6 is 0 Å². The molecule has 1 saturated carbocycles. The minimum absolute atomic E-state index is 0.0857. The van der Waals surface area contributed by atoms with E-state index in [1.807, 2.05) is 18.2 Å². The molecule has 1 heterocycles. The maximum atomic E-state index is 12.3. The van der Waals surface area contributed by atoms with Crippen LogP contribution in [0.3, 0.4) is 0 Å². The van der Waals surface area contributed by atoms with Gasteiger partial charge in [-0.15, -0.1) is 0 Å². The average Bonchev–Trinajstić information content (AvgIpc) is 2.89. The first-order valence-electron chi connectivity index (χ1n) is 7.72. The maximum Gasteiger partial charge on any atom is 0.251 e. The number of benzene rings is 1. The molecule has 3 heteroatoms. The fourth-order valence-electron chi connectivity index (χ4n) is 3.58. The lowest BCUT2D eigenvalue weighted by Gasteiger charge is -2.31. The second kappa shape index (κ2) is 5.57. The van der Waals surface area contributed by atoms with Gasteiger partial charge in [0.05, 0.1) is 0 Å². The summed E-state index contributed by atoms with van der Waals surface area (Å²) < 4.78 is 0. The van der Waals surface area contributed by atoms with Gasteiger partial charge in [-0.2, -0.15) is 0 Å². The first kappa shape index (κ1) is 13.6. The van der Waals surface area contributed by atoms with Crippen LogP contribution in [0.25, 0.3) is 0 Å². The molecule has 1 amide bonds. The van der Waals surface area contributed by atoms with Crippen molar-refractivity contribution < 1.29 is 4.79 Å². The predicted octanol–water partition coefficient (Wildman–Crippen LogP) is 2.42. The van der Waals surface area contributed by atoms with Crippen molar-refractivity contribution >= 4 is 5.91 Å². The Balaban J connectivity index is 1.62. The molecule has 0 aromatic heterocycles. The molecule has 0 spiro atoms. The van der Waals surface area contributed by atoms with Crippen molar-refractivity contribution in [2.75, 3.05) is 13.1 Å². The number of amides is 1. The molecule has 1 aliphatic heterocycles. The third-order valence-corrected chi connectivity index (χ3v) is 5.06. The van der Waals surface area contributed by atoms with E-state index in [-0.39, 0.29) is 5.91 Å². The second-order valence-electron chi connectivity index (χ2n) is 6.46. The van der Waals surface area contributed by atoms with E-state index in [0.717, 1.165) is 36.8 Å². The lowest BCUT2D eigenvalue weighted by molar-refractivity contribution is 0.0913. The largest absolute Gasteiger partial charge is 0.349 e. The van der Waals surface area contributed by atoms with Gasteiger partial charge in [-0.25, -0.2) is 0 Å². The highest BCUT2D eigenvalue weighted by molar-refractivity contribution is 5.94. The lowest BCUT2D eigenvalue weighted by atomic mass is 9.79. The molecular weight excluding hydrogens is 248 g/mol. The van der Waals surface area contributed by atoms with E-state index >= 15 is 0 Å². The van der Waals surface area contributed by atoms with Crippen LogP contribution in [0.5, 0.6) is 0 Å². The number of hydrogen-bond donors (Lipinski definition) is 2. The number of nitrogens with one attached hydrogen (secondary N) is 2. The van der Waals surface area contributed by atoms with Gasteiger partial charge < -0.3 is 10.6 Å². The van der Waals surface area contributed by atoms with Crippen LogP contribution in [0.2, 0.25) is 0 Å². The number of carbonyl (C=O) groups excluding carboxylic acids is 1. The van der Waals surface area contributed by atoms with Crippen LogP contribution in [0.4, 0.5) is 0 Å². The van der Waals surface area contributed by atoms with E-state index in [2.05, 4.69) is 24.5 Å². The number of rotatable bonds is 2. The molecule has 3 rings (SSSR count). The zero-order valence-electron chi connectivity index (χ0n) is 12.4. The molecule has 20 heavy (non-hydrogen) atoms. The topological polar surface area (TPSA) is 41.1 Å². The number of fused-ring (bicyclic) bond motifs is 1. The Morgan fingerprint density at radius 1 is 1.15 bits per heavy atom. The van der Waals surface area contributed by atoms with Gasteiger partial charge in [0.25, 0.3) is 5.91 Å². The number of carbonyl (C=O) groups is 1. The SMILES string of the molecule is Cc1ccc(C(=O)NC2CC[C@H]3CNC[C@H]3C2)cc1C. The summed E-state index contributed by atoms with van der Waals surface area (Å²) in [5.74, 6) is 1.68. The zero-order chi connectivity index (χ0) is 14.1. The van der Waals surface area contributed by atoms with E-state index in [0.29, 0.717) is 6.04 Å². The summed E-state index contributed by atoms with van der Waals surface area (Å²) in [6.07, 6.45) is 3.50. The van der Waals surface area contributed by atoms with Crippen molar-refractivity contribution in [3.05, 3.63) is 34.9 Å². The molecule has 3 nitrogen and oxygen atoms in total. The Morgan fingerprint density at radius 3 is 2.75 bits per heavy atom. The summed E-state index contributed by atoms with van der Waals surface area (Å²) in [6, 6.07) is 6.31. The Morgan fingerprint density at radius 2 is 1.95 bits per heavy atom. The van der Waals surface area contributed by atoms with Gasteiger partial charge >= 0.3 is 0 Å². The van der Waals surface area contributed by atoms with Crippen molar-refractivity contribution in [2.45, 2.75) is 39.2 Å². The van der Waals surface area contributed by atoms with Gasteiger partial charge in [0.15, 0.2) is 0 Å². The van der Waals surface area contributed by atoms with Gasteiger partial charge in [-0.05, 0) is 81.3 Å². The zero-order valence-corrected chi connectivity index (χ0v) is 12.4. The minimum Gasteiger partial charge on any atom is -0.349 e. The van der Waals surface area contributed by atoms with Crippen molar-refractivity contribution in [1.82, 2.24) is 10.6 Å². The normalized spacial score (nSPS) is 29.0. The molecule has 3 atom stereocenters. The third-order valence-electron chi connectivity index (χ3n) is 5.06. The smallest absolute Gasteiger partial charge is 0.251 e. The first-order valence-corrected chi connectivity index (χ1v) is 7.72. The Labute approximate surface area is 121 Å². The molecule has 1 aliphatic carbocycles. The molecule has 1 aromatic carbocycles. The van der Waals surface area contributed by atoms with E-state index in [4.69, 9.17) is 0 Å². The van der Waals surface area contributed by atoms with Gasteiger partial charge in [0, 0.05) is 11.6 Å². The summed E-state index contributed by atoms with van der Waals surface area (Å²) >= 11 is 0. The molecule has 0 bridgehead atoms. The Kier molecular flexibility index (Phi) is 3.79. The standard InChI is InChI=1S/C17H24N2O/c1-11-3-4-13(7-12(11)2)17(20)19-16-6-5-14-9-18-10-15(14)8-16/h3-4,7,14-16,18H,5-6,8-10H2,1-2H3,(H,19,20)/t14-,15+,16?/m0/s1. The minimum atomic E-state index is 0.0857. The molecule has 1 unspecified atom stereocenters. The third kappa shape index (κ3) is 2.73. The summed E-state index contributed by atoms with van der Waals surface area (Å²) in [7, 11) is 0. The van der Waals surface area contributed by atoms with Crippen molar-refractivity contribution in [3.8, 4) is 0 Å². The molecule has 0 radical (unpaired) electrons. The number of hydrogen-bond acceptors (Lipinski definition) is 2. The molecule has 2 N–H and O–H groups in total. The lowest BCUT2D eigenvalue weighted by Crippen LogP contribution is -2.40. The van der Waals surface area contributed by atoms with Crippen LogP contribution in [0.15, 0.2) is 18.2 Å². The quantitative estimate of drug-likeness (QED) is 0.868. The summed E-state index contributed by atoms with van der Waals surface area (Å²) in [5.41, 5.74) is 3.21. The van der Waals surface area contributed by atoms with Crippen LogP contribution in [-0.2, 0) is 0 Å². The van der Waals surface area contributed by atoms with E-state index < -0.39 is 0 Å². The monoisotopic (exact) mass is 272 g/mol. The molecule has 2 aliphatic rings. The van der Waals surface area contributed by atoms with Gasteiger partial charge in [0.1, 0.15) is 0 Å². The van der Waals surface area contributed by atoms with Gasteiger partial charge in [-0.1, -0.05) is 6.07 Å². The van der Waals surface area contributed by atoms with Crippen LogP contribution in [-0.4, -0.2) is 25.0 Å². The van der Waals surface area contributed by atoms with Crippen molar-refractivity contribution in [3.63, 3.8) is 0 Å². The highest BCUT2D eigenvalue weighted by Crippen LogP contribution is 2.32. The van der Waals surface area contributed by atoms with Crippen molar-refractivity contribution in [1.29, 1.82) is 0 Å². The molecule has 1 aromatic rings. The second-order valence-corrected chi connectivity index (χ2v) is 6.46. The average molecular weight is 272 g/mol. The predicted molar refractivity (Wildman–Crippen MR) is 80.9 cm³/mol. The fourth-order valence-corrected chi connectivity index (χ4v) is 3.58.